The highest BCUT2D eigenvalue weighted by Gasteiger charge is 2.70. The van der Waals surface area contributed by atoms with Crippen LogP contribution in [0.25, 0.3) is 0 Å². The number of hydrogen-bond acceptors (Lipinski definition) is 7. The maximum absolute atomic E-state index is 14.3. The molecule has 0 aromatic heterocycles. The molecule has 3 N–H and O–H groups in total. The summed E-state index contributed by atoms with van der Waals surface area (Å²) in [7, 11) is 0. The Morgan fingerprint density at radius 3 is 2.25 bits per heavy atom. The summed E-state index contributed by atoms with van der Waals surface area (Å²) >= 11 is 0. The smallest absolute Gasteiger partial charge is 0.313 e. The molecule has 5 aliphatic carbocycles. The summed E-state index contributed by atoms with van der Waals surface area (Å²) in [6, 6.07) is 16.9. The van der Waals surface area contributed by atoms with Gasteiger partial charge in [-0.3, -0.25) is 19.2 Å². The molecular formula is C47H62N2O6. The molecule has 8 heteroatoms. The maximum Gasteiger partial charge on any atom is 0.313 e. The van der Waals surface area contributed by atoms with E-state index in [4.69, 9.17) is 15.2 Å². The van der Waals surface area contributed by atoms with Gasteiger partial charge < -0.3 is 20.5 Å². The van der Waals surface area contributed by atoms with Crippen LogP contribution in [0.4, 0.5) is 11.4 Å². The normalized spacial score (nSPS) is 36.1. The second kappa shape index (κ2) is 14.2. The third kappa shape index (κ3) is 6.73. The van der Waals surface area contributed by atoms with Crippen LogP contribution >= 0.6 is 0 Å². The predicted molar refractivity (Wildman–Crippen MR) is 214 cm³/mol. The Kier molecular flexibility index (Phi) is 10.2. The third-order valence-corrected chi connectivity index (χ3v) is 16.1. The van der Waals surface area contributed by atoms with Gasteiger partial charge in [-0.05, 0) is 134 Å². The number of hydrogen-bond donors (Lipinski definition) is 2. The molecule has 1 amide bonds. The van der Waals surface area contributed by atoms with Crippen molar-refractivity contribution in [2.75, 3.05) is 17.7 Å². The van der Waals surface area contributed by atoms with E-state index >= 15 is 0 Å². The van der Waals surface area contributed by atoms with Crippen LogP contribution < -0.4 is 11.1 Å². The summed E-state index contributed by atoms with van der Waals surface area (Å²) in [5.74, 6) is -0.0263. The number of nitrogens with two attached hydrogens (primary N) is 1. The van der Waals surface area contributed by atoms with E-state index in [0.29, 0.717) is 30.3 Å². The van der Waals surface area contributed by atoms with Gasteiger partial charge in [0.2, 0.25) is 5.91 Å². The van der Waals surface area contributed by atoms with E-state index in [9.17, 15) is 19.2 Å². The van der Waals surface area contributed by atoms with Gasteiger partial charge in [0.1, 0.15) is 19.0 Å². The van der Waals surface area contributed by atoms with E-state index in [0.717, 1.165) is 63.4 Å². The van der Waals surface area contributed by atoms with Crippen LogP contribution in [-0.2, 0) is 35.3 Å². The Morgan fingerprint density at radius 2 is 1.53 bits per heavy atom. The lowest BCUT2D eigenvalue weighted by Crippen LogP contribution is -2.65. The number of carbonyl (C=O) groups is 4. The first-order chi connectivity index (χ1) is 26.0. The predicted octanol–water partition coefficient (Wildman–Crippen LogP) is 9.62. The molecule has 296 valence electrons. The van der Waals surface area contributed by atoms with Crippen molar-refractivity contribution in [2.24, 2.45) is 50.2 Å². The van der Waals surface area contributed by atoms with Gasteiger partial charge in [0.25, 0.3) is 0 Å². The van der Waals surface area contributed by atoms with Crippen LogP contribution in [0.15, 0.2) is 66.2 Å². The first kappa shape index (κ1) is 39.3. The number of allylic oxidation sites excluding steroid dienone is 2. The fourth-order valence-corrected chi connectivity index (χ4v) is 12.6. The number of ketones is 1. The fraction of sp³-hybridized carbons (Fsp3) is 0.617. The number of Topliss-reactive ketones (excluding diaryl/α,β-unsaturated/α-hetero) is 1. The van der Waals surface area contributed by atoms with E-state index in [-0.39, 0.29) is 70.6 Å². The Labute approximate surface area is 327 Å². The van der Waals surface area contributed by atoms with E-state index in [2.05, 4.69) is 46.0 Å². The Balaban J connectivity index is 1.09. The highest BCUT2D eigenvalue weighted by Crippen LogP contribution is 2.75. The number of anilines is 2. The number of fused-ring (bicyclic) bond motifs is 7. The number of esters is 2. The molecule has 4 fully saturated rings. The largest absolute Gasteiger partial charge is 0.465 e. The minimum absolute atomic E-state index is 0.00704. The number of ether oxygens (including phenoxy) is 2. The lowest BCUT2D eigenvalue weighted by atomic mass is 9.33. The monoisotopic (exact) mass is 750 g/mol. The van der Waals surface area contributed by atoms with Crippen LogP contribution in [-0.4, -0.2) is 30.2 Å². The van der Waals surface area contributed by atoms with Crippen LogP contribution in [0.2, 0.25) is 0 Å². The molecule has 8 atom stereocenters. The van der Waals surface area contributed by atoms with E-state index in [1.165, 1.54) is 5.57 Å². The van der Waals surface area contributed by atoms with Crippen molar-refractivity contribution in [2.45, 2.75) is 125 Å². The summed E-state index contributed by atoms with van der Waals surface area (Å²) in [6.45, 7) is 14.5. The third-order valence-electron chi connectivity index (χ3n) is 16.1. The van der Waals surface area contributed by atoms with Gasteiger partial charge >= 0.3 is 11.9 Å². The van der Waals surface area contributed by atoms with Crippen LogP contribution in [0.5, 0.6) is 0 Å². The van der Waals surface area contributed by atoms with E-state index < -0.39 is 16.8 Å². The summed E-state index contributed by atoms with van der Waals surface area (Å²) in [5, 5.41) is 2.79. The first-order valence-corrected chi connectivity index (χ1v) is 20.7. The molecule has 2 aromatic rings. The van der Waals surface area contributed by atoms with Gasteiger partial charge in [-0.25, -0.2) is 0 Å². The van der Waals surface area contributed by atoms with Crippen molar-refractivity contribution < 1.29 is 28.7 Å². The second-order valence-electron chi connectivity index (χ2n) is 19.6. The zero-order valence-corrected chi connectivity index (χ0v) is 33.9. The molecule has 0 bridgehead atoms. The molecule has 4 saturated carbocycles. The molecule has 8 nitrogen and oxygen atoms in total. The average molecular weight is 751 g/mol. The first-order valence-electron chi connectivity index (χ1n) is 20.7. The summed E-state index contributed by atoms with van der Waals surface area (Å²) in [5.41, 5.74) is 8.08. The standard InChI is InChI=1S/C47H62N2O6/c1-42(2)24-26-47(41(53)54-29-31-10-8-7-9-11-31)27-25-45(5)34(35(47)28-42)16-17-37-43(3)22-21-38(50)44(4,36(43)20-23-46(37,45)6)30-55-40(52)19-18-39(51)49-33-14-12-32(48)13-15-33/h7-16,35-37H,17-30,48H2,1-6H3,(H,49,51)/t35-,36+,37+,43-,44-,45+,46+,47-/m0/s1. The summed E-state index contributed by atoms with van der Waals surface area (Å²) < 4.78 is 12.1. The molecule has 0 saturated heterocycles. The summed E-state index contributed by atoms with van der Waals surface area (Å²) in [6.07, 6.45) is 11.2. The van der Waals surface area contributed by atoms with Crippen LogP contribution in [0, 0.1) is 50.2 Å². The van der Waals surface area contributed by atoms with Gasteiger partial charge in [-0.1, -0.05) is 76.6 Å². The molecule has 0 unspecified atom stereocenters. The lowest BCUT2D eigenvalue weighted by molar-refractivity contribution is -0.198. The van der Waals surface area contributed by atoms with Crippen molar-refractivity contribution in [1.82, 2.24) is 0 Å². The number of rotatable bonds is 9. The topological polar surface area (TPSA) is 125 Å². The minimum Gasteiger partial charge on any atom is -0.465 e. The van der Waals surface area contributed by atoms with Gasteiger partial charge in [-0.15, -0.1) is 0 Å². The molecular weight excluding hydrogens is 689 g/mol. The molecule has 2 aromatic carbocycles. The maximum atomic E-state index is 14.3. The fourth-order valence-electron chi connectivity index (χ4n) is 12.6. The second-order valence-corrected chi connectivity index (χ2v) is 19.6. The molecule has 0 radical (unpaired) electrons. The highest BCUT2D eigenvalue weighted by atomic mass is 16.5. The number of amides is 1. The average Bonchev–Trinajstić information content (AvgIpc) is 3.15. The highest BCUT2D eigenvalue weighted by molar-refractivity contribution is 5.93. The molecule has 5 aliphatic rings. The molecule has 0 aliphatic heterocycles. The molecule has 7 rings (SSSR count). The Hall–Kier alpha value is -3.94. The quantitative estimate of drug-likeness (QED) is 0.149. The molecule has 55 heavy (non-hydrogen) atoms. The number of carbonyl (C=O) groups excluding carboxylic acids is 4. The minimum atomic E-state index is -0.793. The zero-order chi connectivity index (χ0) is 39.4. The van der Waals surface area contributed by atoms with E-state index in [1.54, 1.807) is 24.3 Å². The SMILES string of the molecule is CC1(C)CC[C@]2(C(=O)OCc3ccccc3)CC[C@]3(C)C(=CC[C@@H]4[C@@]5(C)CCC(=O)[C@@](C)(COC(=O)CCC(=O)Nc6ccc(N)cc6)[C@@H]5CC[C@]43C)[C@@H]2C1. The number of benzene rings is 2. The van der Waals surface area contributed by atoms with Crippen LogP contribution in [0.1, 0.15) is 124 Å². The van der Waals surface area contributed by atoms with Gasteiger partial charge in [0, 0.05) is 24.2 Å². The van der Waals surface area contributed by atoms with Crippen LogP contribution in [0.3, 0.4) is 0 Å². The zero-order valence-electron chi connectivity index (χ0n) is 33.9. The van der Waals surface area contributed by atoms with E-state index in [1.807, 2.05) is 37.3 Å². The summed E-state index contributed by atoms with van der Waals surface area (Å²) in [4.78, 5) is 53.8. The van der Waals surface area contributed by atoms with Gasteiger partial charge in [0.05, 0.1) is 17.3 Å². The van der Waals surface area contributed by atoms with Crippen molar-refractivity contribution in [3.05, 3.63) is 71.8 Å². The van der Waals surface area contributed by atoms with Crippen molar-refractivity contribution >= 4 is 35.0 Å². The van der Waals surface area contributed by atoms with Crippen molar-refractivity contribution in [3.63, 3.8) is 0 Å². The van der Waals surface area contributed by atoms with Crippen molar-refractivity contribution in [1.29, 1.82) is 0 Å². The lowest BCUT2D eigenvalue weighted by Gasteiger charge is -2.70. The Morgan fingerprint density at radius 1 is 0.818 bits per heavy atom. The Bertz CT molecular complexity index is 1850. The van der Waals surface area contributed by atoms with Crippen molar-refractivity contribution in [3.8, 4) is 0 Å². The number of nitrogen functional groups attached to an aromatic ring is 1. The number of nitrogens with one attached hydrogen (secondary N) is 1. The van der Waals surface area contributed by atoms with Gasteiger partial charge in [-0.2, -0.15) is 0 Å². The molecule has 0 spiro atoms. The van der Waals surface area contributed by atoms with Gasteiger partial charge in [0.15, 0.2) is 0 Å². The molecule has 0 heterocycles.